The average Bonchev–Trinajstić information content (AvgIpc) is 2.64. The van der Waals surface area contributed by atoms with Crippen LogP contribution in [0.4, 0.5) is 0 Å². The molecule has 0 aromatic carbocycles. The summed E-state index contributed by atoms with van der Waals surface area (Å²) in [6.07, 6.45) is 4.21. The van der Waals surface area contributed by atoms with Crippen molar-refractivity contribution in [1.29, 1.82) is 0 Å². The van der Waals surface area contributed by atoms with E-state index in [0.717, 1.165) is 5.92 Å². The second-order valence-corrected chi connectivity index (χ2v) is 5.09. The molecule has 76 valence electrons. The van der Waals surface area contributed by atoms with Gasteiger partial charge in [0.05, 0.1) is 0 Å². The minimum atomic E-state index is 0.560. The van der Waals surface area contributed by atoms with Gasteiger partial charge in [-0.3, -0.25) is 4.90 Å². The lowest BCUT2D eigenvalue weighted by molar-refractivity contribution is 0.139. The summed E-state index contributed by atoms with van der Waals surface area (Å²) in [5, 5.41) is 3.52. The van der Waals surface area contributed by atoms with Crippen molar-refractivity contribution in [2.24, 2.45) is 5.92 Å². The zero-order valence-electron chi connectivity index (χ0n) is 8.97. The molecule has 1 N–H and O–H groups in total. The first-order valence-corrected chi connectivity index (χ1v) is 5.69. The van der Waals surface area contributed by atoms with Crippen molar-refractivity contribution in [2.45, 2.75) is 38.6 Å². The van der Waals surface area contributed by atoms with Gasteiger partial charge in [0.1, 0.15) is 0 Å². The lowest BCUT2D eigenvalue weighted by Gasteiger charge is -2.35. The number of hydrogen-bond acceptors (Lipinski definition) is 2. The van der Waals surface area contributed by atoms with E-state index in [4.69, 9.17) is 0 Å². The third kappa shape index (κ3) is 1.75. The minimum Gasteiger partial charge on any atom is -0.315 e. The lowest BCUT2D eigenvalue weighted by atomic mass is 9.94. The zero-order chi connectivity index (χ0) is 9.31. The van der Waals surface area contributed by atoms with Gasteiger partial charge in [0.2, 0.25) is 0 Å². The van der Waals surface area contributed by atoms with Crippen molar-refractivity contribution >= 4 is 0 Å². The summed E-state index contributed by atoms with van der Waals surface area (Å²) in [5.41, 5.74) is 0.560. The van der Waals surface area contributed by atoms with Gasteiger partial charge >= 0.3 is 0 Å². The lowest BCUT2D eigenvalue weighted by Crippen LogP contribution is -2.46. The molecule has 0 amide bonds. The maximum absolute atomic E-state index is 3.52. The summed E-state index contributed by atoms with van der Waals surface area (Å²) in [7, 11) is 0. The monoisotopic (exact) mass is 182 g/mol. The summed E-state index contributed by atoms with van der Waals surface area (Å²) in [5.74, 6) is 0.815. The Labute approximate surface area is 81.7 Å². The fraction of sp³-hybridized carbons (Fsp3) is 1.00. The predicted molar refractivity (Wildman–Crippen MR) is 55.9 cm³/mol. The first-order chi connectivity index (χ1) is 6.23. The summed E-state index contributed by atoms with van der Waals surface area (Å²) >= 11 is 0. The average molecular weight is 182 g/mol. The van der Waals surface area contributed by atoms with Crippen LogP contribution in [0.5, 0.6) is 0 Å². The van der Waals surface area contributed by atoms with Gasteiger partial charge in [-0.05, 0) is 38.3 Å². The molecule has 13 heavy (non-hydrogen) atoms. The van der Waals surface area contributed by atoms with Crippen LogP contribution in [0.15, 0.2) is 0 Å². The fourth-order valence-electron chi connectivity index (χ4n) is 2.93. The van der Waals surface area contributed by atoms with E-state index >= 15 is 0 Å². The highest BCUT2D eigenvalue weighted by atomic mass is 15.3. The van der Waals surface area contributed by atoms with Crippen LogP contribution in [-0.2, 0) is 0 Å². The van der Waals surface area contributed by atoms with Crippen LogP contribution < -0.4 is 5.32 Å². The minimum absolute atomic E-state index is 0.560. The zero-order valence-corrected chi connectivity index (χ0v) is 8.97. The molecule has 0 radical (unpaired) electrons. The van der Waals surface area contributed by atoms with E-state index in [1.807, 2.05) is 0 Å². The van der Waals surface area contributed by atoms with Gasteiger partial charge in [-0.2, -0.15) is 0 Å². The molecular weight excluding hydrogens is 160 g/mol. The van der Waals surface area contributed by atoms with Gasteiger partial charge in [0.15, 0.2) is 0 Å². The van der Waals surface area contributed by atoms with E-state index in [9.17, 15) is 0 Å². The Balaban J connectivity index is 2.00. The van der Waals surface area contributed by atoms with Crippen molar-refractivity contribution in [2.75, 3.05) is 26.2 Å². The molecule has 2 heteroatoms. The largest absolute Gasteiger partial charge is 0.315 e. The Morgan fingerprint density at radius 2 is 2.23 bits per heavy atom. The van der Waals surface area contributed by atoms with Gasteiger partial charge in [-0.25, -0.2) is 0 Å². The molecule has 2 rings (SSSR count). The second kappa shape index (κ2) is 3.58. The Hall–Kier alpha value is -0.0800. The molecule has 1 spiro atoms. The van der Waals surface area contributed by atoms with E-state index in [0.29, 0.717) is 5.54 Å². The first kappa shape index (κ1) is 9.47. The van der Waals surface area contributed by atoms with Gasteiger partial charge < -0.3 is 5.32 Å². The van der Waals surface area contributed by atoms with Crippen molar-refractivity contribution < 1.29 is 0 Å². The SMILES string of the molecule is CC(C)CN1CCC[C@]12CCNC2. The molecule has 2 nitrogen and oxygen atoms in total. The maximum atomic E-state index is 3.52. The Bertz CT molecular complexity index is 165. The van der Waals surface area contributed by atoms with Crippen LogP contribution in [-0.4, -0.2) is 36.6 Å². The summed E-state index contributed by atoms with van der Waals surface area (Å²) in [6.45, 7) is 9.75. The smallest absolute Gasteiger partial charge is 0.0346 e. The molecule has 0 aliphatic carbocycles. The quantitative estimate of drug-likeness (QED) is 0.695. The standard InChI is InChI=1S/C11H22N2/c1-10(2)8-13-7-3-4-11(13)5-6-12-9-11/h10,12H,3-9H2,1-2H3/t11-/m1/s1. The third-order valence-corrected chi connectivity index (χ3v) is 3.55. The number of hydrogen-bond donors (Lipinski definition) is 1. The summed E-state index contributed by atoms with van der Waals surface area (Å²) in [4.78, 5) is 2.73. The van der Waals surface area contributed by atoms with Gasteiger partial charge in [-0.15, -0.1) is 0 Å². The van der Waals surface area contributed by atoms with Gasteiger partial charge in [0.25, 0.3) is 0 Å². The molecule has 0 aromatic rings. The van der Waals surface area contributed by atoms with Crippen molar-refractivity contribution in [3.8, 4) is 0 Å². The molecule has 2 heterocycles. The van der Waals surface area contributed by atoms with Crippen LogP contribution >= 0.6 is 0 Å². The van der Waals surface area contributed by atoms with Gasteiger partial charge in [0, 0.05) is 18.6 Å². The predicted octanol–water partition coefficient (Wildman–Crippen LogP) is 1.47. The third-order valence-electron chi connectivity index (χ3n) is 3.55. The topological polar surface area (TPSA) is 15.3 Å². The van der Waals surface area contributed by atoms with Crippen LogP contribution in [0.1, 0.15) is 33.1 Å². The highest BCUT2D eigenvalue weighted by Gasteiger charge is 2.42. The number of likely N-dealkylation sites (tertiary alicyclic amines) is 1. The normalized spacial score (nSPS) is 35.3. The second-order valence-electron chi connectivity index (χ2n) is 5.09. The van der Waals surface area contributed by atoms with Crippen molar-refractivity contribution in [1.82, 2.24) is 10.2 Å². The van der Waals surface area contributed by atoms with E-state index < -0.39 is 0 Å². The number of nitrogens with zero attached hydrogens (tertiary/aromatic N) is 1. The molecule has 2 aliphatic heterocycles. The van der Waals surface area contributed by atoms with E-state index in [1.165, 1.54) is 45.4 Å². The highest BCUT2D eigenvalue weighted by Crippen LogP contribution is 2.34. The molecule has 0 bridgehead atoms. The highest BCUT2D eigenvalue weighted by molar-refractivity contribution is 5.01. The van der Waals surface area contributed by atoms with Crippen molar-refractivity contribution in [3.63, 3.8) is 0 Å². The Morgan fingerprint density at radius 3 is 2.85 bits per heavy atom. The van der Waals surface area contributed by atoms with E-state index in [2.05, 4.69) is 24.1 Å². The van der Waals surface area contributed by atoms with E-state index in [1.54, 1.807) is 0 Å². The molecular formula is C11H22N2. The molecule has 0 aromatic heterocycles. The van der Waals surface area contributed by atoms with Gasteiger partial charge in [-0.1, -0.05) is 13.8 Å². The van der Waals surface area contributed by atoms with Crippen LogP contribution in [0.2, 0.25) is 0 Å². The molecule has 2 saturated heterocycles. The molecule has 1 atom stereocenters. The molecule has 0 unspecified atom stereocenters. The van der Waals surface area contributed by atoms with Crippen LogP contribution in [0.25, 0.3) is 0 Å². The maximum Gasteiger partial charge on any atom is 0.0346 e. The fourth-order valence-corrected chi connectivity index (χ4v) is 2.93. The molecule has 2 aliphatic rings. The first-order valence-electron chi connectivity index (χ1n) is 5.69. The summed E-state index contributed by atoms with van der Waals surface area (Å²) < 4.78 is 0. The van der Waals surface area contributed by atoms with Crippen LogP contribution in [0, 0.1) is 5.92 Å². The molecule has 2 fully saturated rings. The molecule has 0 saturated carbocycles. The van der Waals surface area contributed by atoms with Crippen LogP contribution in [0.3, 0.4) is 0 Å². The number of nitrogens with one attached hydrogen (secondary N) is 1. The van der Waals surface area contributed by atoms with E-state index in [-0.39, 0.29) is 0 Å². The number of rotatable bonds is 2. The Kier molecular flexibility index (Phi) is 2.61. The summed E-state index contributed by atoms with van der Waals surface area (Å²) in [6, 6.07) is 0. The Morgan fingerprint density at radius 1 is 1.38 bits per heavy atom. The van der Waals surface area contributed by atoms with Crippen molar-refractivity contribution in [3.05, 3.63) is 0 Å².